The van der Waals surface area contributed by atoms with Gasteiger partial charge in [-0.05, 0) is 30.9 Å². The van der Waals surface area contributed by atoms with Crippen LogP contribution in [0, 0.1) is 0 Å². The number of carbonyl (C=O) groups excluding carboxylic acids is 1. The highest BCUT2D eigenvalue weighted by molar-refractivity contribution is 5.64. The first-order valence-electron chi connectivity index (χ1n) is 7.19. The predicted molar refractivity (Wildman–Crippen MR) is 75.3 cm³/mol. The largest absolute Gasteiger partial charge is 0.446 e. The second-order valence-corrected chi connectivity index (χ2v) is 5.43. The van der Waals surface area contributed by atoms with Crippen LogP contribution in [0.15, 0.2) is 24.3 Å². The van der Waals surface area contributed by atoms with E-state index in [2.05, 4.69) is 4.90 Å². The second kappa shape index (κ2) is 7.00. The molecular formula is C15H19F3N2O2. The average Bonchev–Trinajstić information content (AvgIpc) is 2.45. The van der Waals surface area contributed by atoms with Crippen LogP contribution >= 0.6 is 0 Å². The lowest BCUT2D eigenvalue weighted by Gasteiger charge is -2.31. The zero-order chi connectivity index (χ0) is 16.2. The molecule has 22 heavy (non-hydrogen) atoms. The maximum Gasteiger partial charge on any atom is 0.416 e. The van der Waals surface area contributed by atoms with E-state index in [0.717, 1.165) is 19.2 Å². The standard InChI is InChI=1S/C15H19F3N2O2/c16-15(17,18)12-3-1-2-11(10-12)4-7-20-8-5-13(6-9-20)22-14(19)21/h1-3,10,13H,4-9H2,(H2,19,21). The minimum Gasteiger partial charge on any atom is -0.446 e. The summed E-state index contributed by atoms with van der Waals surface area (Å²) in [6, 6.07) is 5.42. The highest BCUT2D eigenvalue weighted by Crippen LogP contribution is 2.29. The topological polar surface area (TPSA) is 55.6 Å². The molecule has 4 nitrogen and oxygen atoms in total. The summed E-state index contributed by atoms with van der Waals surface area (Å²) in [4.78, 5) is 12.8. The van der Waals surface area contributed by atoms with Crippen molar-refractivity contribution in [3.05, 3.63) is 35.4 Å². The molecule has 0 aliphatic carbocycles. The molecule has 0 radical (unpaired) electrons. The Labute approximate surface area is 127 Å². The summed E-state index contributed by atoms with van der Waals surface area (Å²) in [7, 11) is 0. The second-order valence-electron chi connectivity index (χ2n) is 5.43. The number of likely N-dealkylation sites (tertiary alicyclic amines) is 1. The molecule has 2 rings (SSSR count). The summed E-state index contributed by atoms with van der Waals surface area (Å²) in [5.74, 6) is 0. The Morgan fingerprint density at radius 1 is 1.32 bits per heavy atom. The van der Waals surface area contributed by atoms with E-state index >= 15 is 0 Å². The molecule has 2 N–H and O–H groups in total. The monoisotopic (exact) mass is 316 g/mol. The highest BCUT2D eigenvalue weighted by Gasteiger charge is 2.30. The van der Waals surface area contributed by atoms with Gasteiger partial charge in [0.25, 0.3) is 0 Å². The molecule has 1 saturated heterocycles. The summed E-state index contributed by atoms with van der Waals surface area (Å²) < 4.78 is 42.9. The lowest BCUT2D eigenvalue weighted by atomic mass is 10.0. The normalized spacial score (nSPS) is 17.4. The Balaban J connectivity index is 1.81. The molecule has 1 aromatic rings. The predicted octanol–water partition coefficient (Wildman–Crippen LogP) is 2.81. The van der Waals surface area contributed by atoms with Crippen molar-refractivity contribution in [2.75, 3.05) is 19.6 Å². The first kappa shape index (κ1) is 16.6. The third kappa shape index (κ3) is 4.91. The van der Waals surface area contributed by atoms with Gasteiger partial charge in [0, 0.05) is 19.6 Å². The molecule has 122 valence electrons. The lowest BCUT2D eigenvalue weighted by Crippen LogP contribution is -2.39. The molecule has 0 saturated carbocycles. The summed E-state index contributed by atoms with van der Waals surface area (Å²) >= 11 is 0. The van der Waals surface area contributed by atoms with Crippen molar-refractivity contribution in [3.8, 4) is 0 Å². The van der Waals surface area contributed by atoms with Crippen molar-refractivity contribution in [2.24, 2.45) is 5.73 Å². The Bertz CT molecular complexity index is 512. The van der Waals surface area contributed by atoms with E-state index in [0.29, 0.717) is 31.4 Å². The molecule has 0 aromatic heterocycles. The molecule has 1 fully saturated rings. The summed E-state index contributed by atoms with van der Waals surface area (Å²) in [5, 5.41) is 0. The number of alkyl halides is 3. The first-order valence-corrected chi connectivity index (χ1v) is 7.19. The Hall–Kier alpha value is -1.76. The quantitative estimate of drug-likeness (QED) is 0.929. The van der Waals surface area contributed by atoms with Crippen molar-refractivity contribution in [1.29, 1.82) is 0 Å². The van der Waals surface area contributed by atoms with Crippen molar-refractivity contribution < 1.29 is 22.7 Å². The molecule has 0 spiro atoms. The number of hydrogen-bond acceptors (Lipinski definition) is 3. The van der Waals surface area contributed by atoms with Crippen LogP contribution in [0.25, 0.3) is 0 Å². The Kier molecular flexibility index (Phi) is 5.28. The fourth-order valence-electron chi connectivity index (χ4n) is 2.61. The highest BCUT2D eigenvalue weighted by atomic mass is 19.4. The van der Waals surface area contributed by atoms with Gasteiger partial charge in [0.15, 0.2) is 0 Å². The Morgan fingerprint density at radius 3 is 2.59 bits per heavy atom. The number of benzene rings is 1. The average molecular weight is 316 g/mol. The number of hydrogen-bond donors (Lipinski definition) is 1. The van der Waals surface area contributed by atoms with Gasteiger partial charge in [-0.2, -0.15) is 13.2 Å². The number of nitrogens with two attached hydrogens (primary N) is 1. The van der Waals surface area contributed by atoms with Gasteiger partial charge in [0.2, 0.25) is 0 Å². The number of halogens is 3. The van der Waals surface area contributed by atoms with Crippen molar-refractivity contribution in [2.45, 2.75) is 31.5 Å². The number of ether oxygens (including phenoxy) is 1. The molecule has 7 heteroatoms. The van der Waals surface area contributed by atoms with Crippen molar-refractivity contribution in [3.63, 3.8) is 0 Å². The smallest absolute Gasteiger partial charge is 0.416 e. The fourth-order valence-corrected chi connectivity index (χ4v) is 2.61. The van der Waals surface area contributed by atoms with Gasteiger partial charge < -0.3 is 15.4 Å². The van der Waals surface area contributed by atoms with E-state index in [4.69, 9.17) is 10.5 Å². The zero-order valence-corrected chi connectivity index (χ0v) is 12.1. The number of primary amides is 1. The fraction of sp³-hybridized carbons (Fsp3) is 0.533. The van der Waals surface area contributed by atoms with Crippen LogP contribution in [0.5, 0.6) is 0 Å². The van der Waals surface area contributed by atoms with Crippen LogP contribution in [0.3, 0.4) is 0 Å². The Morgan fingerprint density at radius 2 is 2.00 bits per heavy atom. The minimum atomic E-state index is -4.31. The van der Waals surface area contributed by atoms with E-state index < -0.39 is 17.8 Å². The zero-order valence-electron chi connectivity index (χ0n) is 12.1. The van der Waals surface area contributed by atoms with Crippen LogP contribution in [0.1, 0.15) is 24.0 Å². The van der Waals surface area contributed by atoms with Gasteiger partial charge in [-0.15, -0.1) is 0 Å². The SMILES string of the molecule is NC(=O)OC1CCN(CCc2cccc(C(F)(F)F)c2)CC1. The van der Waals surface area contributed by atoms with Crippen LogP contribution in [0.4, 0.5) is 18.0 Å². The number of amides is 1. The van der Waals surface area contributed by atoms with Crippen LogP contribution < -0.4 is 5.73 Å². The maximum atomic E-state index is 12.6. The third-order valence-electron chi connectivity index (χ3n) is 3.79. The molecule has 0 unspecified atom stereocenters. The molecular weight excluding hydrogens is 297 g/mol. The first-order chi connectivity index (χ1) is 10.3. The van der Waals surface area contributed by atoms with Gasteiger partial charge in [0.05, 0.1) is 5.56 Å². The maximum absolute atomic E-state index is 12.6. The van der Waals surface area contributed by atoms with Crippen molar-refractivity contribution >= 4 is 6.09 Å². The van der Waals surface area contributed by atoms with Gasteiger partial charge in [-0.1, -0.05) is 18.2 Å². The lowest BCUT2D eigenvalue weighted by molar-refractivity contribution is -0.137. The van der Waals surface area contributed by atoms with Crippen LogP contribution in [0.2, 0.25) is 0 Å². The molecule has 1 aliphatic heterocycles. The van der Waals surface area contributed by atoms with Gasteiger partial charge in [0.1, 0.15) is 6.10 Å². The number of carbonyl (C=O) groups is 1. The van der Waals surface area contributed by atoms with Crippen LogP contribution in [-0.2, 0) is 17.3 Å². The molecule has 1 aromatic carbocycles. The number of piperidine rings is 1. The molecule has 1 heterocycles. The van der Waals surface area contributed by atoms with Gasteiger partial charge >= 0.3 is 12.3 Å². The molecule has 0 bridgehead atoms. The summed E-state index contributed by atoms with van der Waals surface area (Å²) in [6.45, 7) is 2.18. The van der Waals surface area contributed by atoms with Crippen LogP contribution in [-0.4, -0.2) is 36.7 Å². The van der Waals surface area contributed by atoms with E-state index in [1.165, 1.54) is 12.1 Å². The van der Waals surface area contributed by atoms with E-state index in [9.17, 15) is 18.0 Å². The molecule has 0 atom stereocenters. The van der Waals surface area contributed by atoms with Gasteiger partial charge in [-0.3, -0.25) is 0 Å². The molecule has 1 amide bonds. The summed E-state index contributed by atoms with van der Waals surface area (Å²) in [6.07, 6.45) is -3.26. The number of rotatable bonds is 4. The van der Waals surface area contributed by atoms with E-state index in [1.807, 2.05) is 0 Å². The van der Waals surface area contributed by atoms with Gasteiger partial charge in [-0.25, -0.2) is 4.79 Å². The van der Waals surface area contributed by atoms with Crippen molar-refractivity contribution in [1.82, 2.24) is 4.90 Å². The van der Waals surface area contributed by atoms with E-state index in [-0.39, 0.29) is 6.10 Å². The number of nitrogens with zero attached hydrogens (tertiary/aromatic N) is 1. The van der Waals surface area contributed by atoms with E-state index in [1.54, 1.807) is 6.07 Å². The summed E-state index contributed by atoms with van der Waals surface area (Å²) in [5.41, 5.74) is 5.03. The molecule has 1 aliphatic rings. The third-order valence-corrected chi connectivity index (χ3v) is 3.79. The minimum absolute atomic E-state index is 0.151.